The summed E-state index contributed by atoms with van der Waals surface area (Å²) in [6.45, 7) is 15.2. The summed E-state index contributed by atoms with van der Waals surface area (Å²) in [6, 6.07) is 15.3. The molecule has 2 aromatic carbocycles. The van der Waals surface area contributed by atoms with Crippen molar-refractivity contribution < 1.29 is 29.6 Å². The van der Waals surface area contributed by atoms with Crippen LogP contribution in [0, 0.1) is 45.3 Å². The molecular weight excluding hydrogens is 663 g/mol. The lowest BCUT2D eigenvalue weighted by atomic mass is 9.35. The number of Topliss-reactive ketones (excluding diaryl/α,β-unsaturated/α-hetero) is 2. The molecule has 0 amide bonds. The molecule has 5 N–H and O–H groups in total. The molecule has 6 aliphatic rings. The Morgan fingerprint density at radius 2 is 1.66 bits per heavy atom. The molecule has 53 heavy (non-hydrogen) atoms. The van der Waals surface area contributed by atoms with Crippen LogP contribution in [-0.2, 0) is 14.3 Å². The Balaban J connectivity index is 1.05. The van der Waals surface area contributed by atoms with Crippen molar-refractivity contribution in [2.45, 2.75) is 142 Å². The smallest absolute Gasteiger partial charge is 0.159 e. The molecule has 0 unspecified atom stereocenters. The number of aromatic hydroxyl groups is 1. The summed E-state index contributed by atoms with van der Waals surface area (Å²) < 4.78 is 6.43. The number of epoxide rings is 1. The number of allylic oxidation sites excluding steroid dienone is 2. The molecule has 7 nitrogen and oxygen atoms in total. The molecule has 4 saturated carbocycles. The maximum atomic E-state index is 14.3. The van der Waals surface area contributed by atoms with Crippen molar-refractivity contribution in [3.8, 4) is 5.75 Å². The van der Waals surface area contributed by atoms with Gasteiger partial charge in [-0.3, -0.25) is 9.59 Å². The van der Waals surface area contributed by atoms with E-state index in [1.165, 1.54) is 11.1 Å². The van der Waals surface area contributed by atoms with Crippen LogP contribution < -0.4 is 5.73 Å². The number of hydrogen-bond donors (Lipinski definition) is 4. The van der Waals surface area contributed by atoms with Gasteiger partial charge in [0.2, 0.25) is 0 Å². The second-order valence-corrected chi connectivity index (χ2v) is 19.8. The van der Waals surface area contributed by atoms with E-state index in [1.807, 2.05) is 38.1 Å². The van der Waals surface area contributed by atoms with Crippen LogP contribution in [0.25, 0.3) is 0 Å². The Bertz CT molecular complexity index is 1870. The number of phenols is 1. The van der Waals surface area contributed by atoms with Crippen molar-refractivity contribution in [3.63, 3.8) is 0 Å². The van der Waals surface area contributed by atoms with Crippen molar-refractivity contribution in [1.29, 1.82) is 0 Å². The molecular formula is C46H61NO6. The summed E-state index contributed by atoms with van der Waals surface area (Å²) in [4.78, 5) is 28.5. The zero-order valence-electron chi connectivity index (χ0n) is 32.8. The minimum atomic E-state index is -0.755. The third kappa shape index (κ3) is 5.29. The maximum absolute atomic E-state index is 14.3. The summed E-state index contributed by atoms with van der Waals surface area (Å²) in [5.41, 5.74) is 8.82. The number of nitrogens with two attached hydrogens (primary N) is 1. The highest BCUT2D eigenvalue weighted by Gasteiger charge is 2.71. The standard InChI is InChI=1S/C46H61NO6/c1-25(19-34(49)41-46(7,53-41)32-16-10-15-30(32)26-11-8-13-28(47)20-26)38-33-17-18-37-43(4)22-31(27-12-9-14-29(48)21-27)40(52)42(2,3)39(43)36(51)24-45(37,6)44(33,5)23-35(38)50/h8-9,11-14,20-21,25,30-32,34,36-37,39,41,48-49,51H,10,15-19,22-24,47H2,1-7H3/t25-,30-,31+,32+,34-,36+,37-,39+,41-,43+,44+,45+,46-/m1/s1. The number of ether oxygens (including phenoxy) is 1. The fourth-order valence-corrected chi connectivity index (χ4v) is 14.3. The molecule has 1 heterocycles. The third-order valence-corrected chi connectivity index (χ3v) is 16.6. The van der Waals surface area contributed by atoms with Crippen LogP contribution in [0.3, 0.4) is 0 Å². The third-order valence-electron chi connectivity index (χ3n) is 16.6. The van der Waals surface area contributed by atoms with Gasteiger partial charge in [0.15, 0.2) is 5.78 Å². The maximum Gasteiger partial charge on any atom is 0.159 e. The number of aliphatic hydroxyl groups is 2. The van der Waals surface area contributed by atoms with Gasteiger partial charge in [-0.2, -0.15) is 0 Å². The number of hydrogen-bond acceptors (Lipinski definition) is 7. The molecule has 2 aromatic rings. The molecule has 13 atom stereocenters. The molecule has 7 heteroatoms. The van der Waals surface area contributed by atoms with Crippen LogP contribution in [0.15, 0.2) is 59.7 Å². The molecule has 5 fully saturated rings. The summed E-state index contributed by atoms with van der Waals surface area (Å²) in [5, 5.41) is 34.3. The van der Waals surface area contributed by atoms with Crippen molar-refractivity contribution in [1.82, 2.24) is 0 Å². The van der Waals surface area contributed by atoms with Crippen molar-refractivity contribution in [2.75, 3.05) is 5.73 Å². The van der Waals surface area contributed by atoms with Crippen molar-refractivity contribution in [2.24, 2.45) is 45.3 Å². The first-order valence-electron chi connectivity index (χ1n) is 20.4. The molecule has 8 rings (SSSR count). The van der Waals surface area contributed by atoms with Crippen LogP contribution in [0.2, 0.25) is 0 Å². The van der Waals surface area contributed by atoms with E-state index in [-0.39, 0.29) is 57.9 Å². The number of nitrogen functional groups attached to an aromatic ring is 1. The monoisotopic (exact) mass is 723 g/mol. The fourth-order valence-electron chi connectivity index (χ4n) is 14.3. The van der Waals surface area contributed by atoms with E-state index >= 15 is 0 Å². The van der Waals surface area contributed by atoms with Gasteiger partial charge in [-0.25, -0.2) is 0 Å². The number of phenolic OH excluding ortho intramolecular Hbond substituents is 1. The number of carbonyl (C=O) groups is 2. The average molecular weight is 724 g/mol. The summed E-state index contributed by atoms with van der Waals surface area (Å²) in [6.07, 6.45) is 5.40. The van der Waals surface area contributed by atoms with E-state index in [4.69, 9.17) is 10.5 Å². The average Bonchev–Trinajstić information content (AvgIpc) is 3.39. The molecule has 0 bridgehead atoms. The quantitative estimate of drug-likeness (QED) is 0.167. The number of rotatable bonds is 7. The Hall–Kier alpha value is -3.00. The van der Waals surface area contributed by atoms with Crippen LogP contribution in [-0.4, -0.2) is 50.8 Å². The zero-order chi connectivity index (χ0) is 38.0. The Morgan fingerprint density at radius 1 is 0.943 bits per heavy atom. The first-order chi connectivity index (χ1) is 24.9. The fraction of sp³-hybridized carbons (Fsp3) is 0.652. The van der Waals surface area contributed by atoms with E-state index in [9.17, 15) is 24.9 Å². The van der Waals surface area contributed by atoms with E-state index in [2.05, 4.69) is 46.8 Å². The van der Waals surface area contributed by atoms with Gasteiger partial charge < -0.3 is 25.8 Å². The van der Waals surface area contributed by atoms with Gasteiger partial charge in [0.25, 0.3) is 0 Å². The second-order valence-electron chi connectivity index (χ2n) is 19.8. The van der Waals surface area contributed by atoms with Crippen LogP contribution in [0.1, 0.15) is 129 Å². The summed E-state index contributed by atoms with van der Waals surface area (Å²) in [7, 11) is 0. The van der Waals surface area contributed by atoms with E-state index in [0.29, 0.717) is 37.5 Å². The molecule has 1 saturated heterocycles. The zero-order valence-corrected chi connectivity index (χ0v) is 32.8. The molecule has 0 aromatic heterocycles. The van der Waals surface area contributed by atoms with Gasteiger partial charge in [-0.1, -0.05) is 77.8 Å². The largest absolute Gasteiger partial charge is 0.508 e. The minimum absolute atomic E-state index is 0.116. The number of anilines is 1. The normalized spacial score (nSPS) is 42.8. The topological polar surface area (TPSA) is 133 Å². The molecule has 5 aliphatic carbocycles. The number of ketones is 2. The highest BCUT2D eigenvalue weighted by atomic mass is 16.6. The van der Waals surface area contributed by atoms with Gasteiger partial charge in [0, 0.05) is 34.8 Å². The second kappa shape index (κ2) is 12.2. The Labute approximate surface area is 315 Å². The lowest BCUT2D eigenvalue weighted by Gasteiger charge is -2.69. The molecule has 0 radical (unpaired) electrons. The van der Waals surface area contributed by atoms with E-state index < -0.39 is 28.6 Å². The minimum Gasteiger partial charge on any atom is -0.508 e. The number of aliphatic hydroxyl groups excluding tert-OH is 2. The van der Waals surface area contributed by atoms with Crippen LogP contribution in [0.5, 0.6) is 5.75 Å². The summed E-state index contributed by atoms with van der Waals surface area (Å²) in [5.74, 6) is 0.621. The number of carbonyl (C=O) groups excluding carboxylic acids is 2. The SMILES string of the molecule is C[C@H](C[C@@H](O)[C@H]1O[C@]1(C)[C@H]1CCC[C@@H]1c1cccc(N)c1)C1=C2CC[C@@H]3[C@]4(C)C[C@@H](c5cccc(O)c5)C(=O)C(C)(C)[C@@H]4[C@@H](O)C[C@]3(C)[C@@]2(C)CC1=O. The first kappa shape index (κ1) is 36.9. The lowest BCUT2D eigenvalue weighted by Crippen LogP contribution is -2.67. The summed E-state index contributed by atoms with van der Waals surface area (Å²) >= 11 is 0. The van der Waals surface area contributed by atoms with E-state index in [0.717, 1.165) is 48.9 Å². The Morgan fingerprint density at radius 3 is 2.38 bits per heavy atom. The van der Waals surface area contributed by atoms with Gasteiger partial charge in [0.1, 0.15) is 17.6 Å². The highest BCUT2D eigenvalue weighted by molar-refractivity contribution is 6.00. The molecule has 0 spiro atoms. The Kier molecular flexibility index (Phi) is 8.54. The van der Waals surface area contributed by atoms with Crippen molar-refractivity contribution >= 4 is 17.3 Å². The van der Waals surface area contributed by atoms with Gasteiger partial charge in [-0.15, -0.1) is 0 Å². The van der Waals surface area contributed by atoms with Gasteiger partial charge >= 0.3 is 0 Å². The first-order valence-corrected chi connectivity index (χ1v) is 20.4. The van der Waals surface area contributed by atoms with Crippen molar-refractivity contribution in [3.05, 3.63) is 70.8 Å². The van der Waals surface area contributed by atoms with Gasteiger partial charge in [0.05, 0.1) is 17.8 Å². The predicted molar refractivity (Wildman–Crippen MR) is 206 cm³/mol. The van der Waals surface area contributed by atoms with Crippen LogP contribution in [0.4, 0.5) is 5.69 Å². The molecule has 286 valence electrons. The molecule has 1 aliphatic heterocycles. The number of benzene rings is 2. The van der Waals surface area contributed by atoms with Crippen LogP contribution >= 0.6 is 0 Å². The predicted octanol–water partition coefficient (Wildman–Crippen LogP) is 8.26. The number of fused-ring (bicyclic) bond motifs is 5. The van der Waals surface area contributed by atoms with E-state index in [1.54, 1.807) is 12.1 Å². The van der Waals surface area contributed by atoms with Gasteiger partial charge in [-0.05, 0) is 127 Å². The highest BCUT2D eigenvalue weighted by Crippen LogP contribution is 2.75. The lowest BCUT2D eigenvalue weighted by molar-refractivity contribution is -0.219.